The van der Waals surface area contributed by atoms with Crippen LogP contribution in [0, 0.1) is 5.92 Å². The lowest BCUT2D eigenvalue weighted by molar-refractivity contribution is -0.147. The number of hydrogen-bond acceptors (Lipinski definition) is 3. The Morgan fingerprint density at radius 2 is 1.48 bits per heavy atom. The van der Waals surface area contributed by atoms with Gasteiger partial charge in [0.05, 0.1) is 12.5 Å². The molecule has 0 aliphatic rings. The summed E-state index contributed by atoms with van der Waals surface area (Å²) in [6, 6.07) is 9.62. The Bertz CT molecular complexity index is 442. The van der Waals surface area contributed by atoms with E-state index in [0.29, 0.717) is 6.42 Å². The number of carbonyl (C=O) groups excluding carboxylic acids is 1. The first-order valence-corrected chi connectivity index (χ1v) is 9.95. The standard InChI is InChI=1S/C22H36O3/c1-19(2)13-9-6-4-3-5-7-12-16-21(23)17-22(24)25-18-20-14-10-8-11-15-20/h8,10-11,14-15,19,21,23H,3-7,9,12-13,16-18H2,1-2H3/t21-/m0/s1. The monoisotopic (exact) mass is 348 g/mol. The summed E-state index contributed by atoms with van der Waals surface area (Å²) in [7, 11) is 0. The Kier molecular flexibility index (Phi) is 12.0. The molecule has 1 rings (SSSR count). The third-order valence-electron chi connectivity index (χ3n) is 4.46. The molecule has 0 fully saturated rings. The van der Waals surface area contributed by atoms with Crippen LogP contribution in [0.4, 0.5) is 0 Å². The van der Waals surface area contributed by atoms with Crippen molar-refractivity contribution in [3.05, 3.63) is 35.9 Å². The van der Waals surface area contributed by atoms with Gasteiger partial charge in [-0.1, -0.05) is 95.5 Å². The van der Waals surface area contributed by atoms with E-state index in [4.69, 9.17) is 4.74 Å². The van der Waals surface area contributed by atoms with Gasteiger partial charge in [0, 0.05) is 0 Å². The largest absolute Gasteiger partial charge is 0.461 e. The molecule has 0 spiro atoms. The number of ether oxygens (including phenoxy) is 1. The zero-order valence-electron chi connectivity index (χ0n) is 16.1. The number of benzene rings is 1. The van der Waals surface area contributed by atoms with Crippen LogP contribution in [0.5, 0.6) is 0 Å². The fraction of sp³-hybridized carbons (Fsp3) is 0.682. The molecule has 1 aromatic rings. The molecular formula is C22H36O3. The van der Waals surface area contributed by atoms with Crippen LogP contribution in [-0.4, -0.2) is 17.2 Å². The first kappa shape index (κ1) is 21.7. The Morgan fingerprint density at radius 3 is 2.08 bits per heavy atom. The fourth-order valence-electron chi connectivity index (χ4n) is 2.91. The molecule has 0 aromatic heterocycles. The molecule has 0 saturated heterocycles. The predicted molar refractivity (Wildman–Crippen MR) is 103 cm³/mol. The molecule has 0 radical (unpaired) electrons. The summed E-state index contributed by atoms with van der Waals surface area (Å²) >= 11 is 0. The fourth-order valence-corrected chi connectivity index (χ4v) is 2.91. The minimum atomic E-state index is -0.575. The Labute approximate surface area is 153 Å². The summed E-state index contributed by atoms with van der Waals surface area (Å²) in [5, 5.41) is 9.94. The molecule has 0 unspecified atom stereocenters. The van der Waals surface area contributed by atoms with Gasteiger partial charge in [-0.05, 0) is 17.9 Å². The summed E-state index contributed by atoms with van der Waals surface area (Å²) in [5.74, 6) is 0.502. The molecule has 0 heterocycles. The Balaban J connectivity index is 1.94. The summed E-state index contributed by atoms with van der Waals surface area (Å²) in [6.07, 6.45) is 10.2. The molecule has 0 bridgehead atoms. The van der Waals surface area contributed by atoms with Crippen molar-refractivity contribution in [2.45, 2.75) is 90.8 Å². The predicted octanol–water partition coefficient (Wildman–Crippen LogP) is 5.65. The molecule has 3 heteroatoms. The van der Waals surface area contributed by atoms with Crippen molar-refractivity contribution in [3.63, 3.8) is 0 Å². The van der Waals surface area contributed by atoms with Gasteiger partial charge in [0.2, 0.25) is 0 Å². The van der Waals surface area contributed by atoms with E-state index >= 15 is 0 Å². The minimum Gasteiger partial charge on any atom is -0.461 e. The van der Waals surface area contributed by atoms with Crippen LogP contribution < -0.4 is 0 Å². The van der Waals surface area contributed by atoms with Gasteiger partial charge in [-0.3, -0.25) is 4.79 Å². The lowest BCUT2D eigenvalue weighted by atomic mass is 10.0. The Morgan fingerprint density at radius 1 is 0.920 bits per heavy atom. The average molecular weight is 349 g/mol. The highest BCUT2D eigenvalue weighted by molar-refractivity contribution is 5.69. The average Bonchev–Trinajstić information content (AvgIpc) is 2.59. The van der Waals surface area contributed by atoms with Gasteiger partial charge in [0.1, 0.15) is 6.61 Å². The van der Waals surface area contributed by atoms with Gasteiger partial charge < -0.3 is 9.84 Å². The number of carbonyl (C=O) groups is 1. The summed E-state index contributed by atoms with van der Waals surface area (Å²) in [4.78, 5) is 11.7. The van der Waals surface area contributed by atoms with Crippen molar-refractivity contribution in [2.24, 2.45) is 5.92 Å². The van der Waals surface area contributed by atoms with Crippen molar-refractivity contribution >= 4 is 5.97 Å². The third-order valence-corrected chi connectivity index (χ3v) is 4.46. The SMILES string of the molecule is CC(C)CCCCCCCCC[C@H](O)CC(=O)OCc1ccccc1. The van der Waals surface area contributed by atoms with E-state index in [1.165, 1.54) is 38.5 Å². The van der Waals surface area contributed by atoms with Crippen LogP contribution in [-0.2, 0) is 16.1 Å². The summed E-state index contributed by atoms with van der Waals surface area (Å²) in [5.41, 5.74) is 0.971. The number of unbranched alkanes of at least 4 members (excludes halogenated alkanes) is 6. The molecular weight excluding hydrogens is 312 g/mol. The van der Waals surface area contributed by atoms with Crippen LogP contribution in [0.25, 0.3) is 0 Å². The van der Waals surface area contributed by atoms with Crippen molar-refractivity contribution < 1.29 is 14.6 Å². The highest BCUT2D eigenvalue weighted by Gasteiger charge is 2.11. The minimum absolute atomic E-state index is 0.0992. The first-order chi connectivity index (χ1) is 12.1. The van der Waals surface area contributed by atoms with Crippen LogP contribution in [0.1, 0.15) is 83.6 Å². The maximum Gasteiger partial charge on any atom is 0.308 e. The molecule has 0 aliphatic carbocycles. The molecule has 3 nitrogen and oxygen atoms in total. The number of rotatable bonds is 14. The maximum atomic E-state index is 11.7. The van der Waals surface area contributed by atoms with Crippen molar-refractivity contribution in [3.8, 4) is 0 Å². The second kappa shape index (κ2) is 13.9. The normalized spacial score (nSPS) is 12.3. The number of hydrogen-bond donors (Lipinski definition) is 1. The molecule has 142 valence electrons. The lowest BCUT2D eigenvalue weighted by Gasteiger charge is -2.10. The second-order valence-electron chi connectivity index (χ2n) is 7.45. The van der Waals surface area contributed by atoms with Crippen LogP contribution >= 0.6 is 0 Å². The van der Waals surface area contributed by atoms with E-state index in [1.54, 1.807) is 0 Å². The van der Waals surface area contributed by atoms with E-state index in [2.05, 4.69) is 13.8 Å². The topological polar surface area (TPSA) is 46.5 Å². The van der Waals surface area contributed by atoms with Gasteiger partial charge in [-0.25, -0.2) is 0 Å². The quantitative estimate of drug-likeness (QED) is 0.349. The molecule has 1 aromatic carbocycles. The highest BCUT2D eigenvalue weighted by atomic mass is 16.5. The third kappa shape index (κ3) is 12.6. The number of aliphatic hydroxyl groups excluding tert-OH is 1. The molecule has 0 saturated carbocycles. The van der Waals surface area contributed by atoms with Crippen molar-refractivity contribution in [1.82, 2.24) is 0 Å². The second-order valence-corrected chi connectivity index (χ2v) is 7.45. The van der Waals surface area contributed by atoms with Crippen molar-refractivity contribution in [2.75, 3.05) is 0 Å². The molecule has 25 heavy (non-hydrogen) atoms. The van der Waals surface area contributed by atoms with Crippen LogP contribution in [0.3, 0.4) is 0 Å². The van der Waals surface area contributed by atoms with E-state index in [9.17, 15) is 9.90 Å². The molecule has 0 amide bonds. The van der Waals surface area contributed by atoms with Gasteiger partial charge in [-0.15, -0.1) is 0 Å². The lowest BCUT2D eigenvalue weighted by Crippen LogP contribution is -2.15. The molecule has 1 atom stereocenters. The zero-order chi connectivity index (χ0) is 18.3. The van der Waals surface area contributed by atoms with Gasteiger partial charge in [0.25, 0.3) is 0 Å². The molecule has 1 N–H and O–H groups in total. The smallest absolute Gasteiger partial charge is 0.308 e. The van der Waals surface area contributed by atoms with Gasteiger partial charge in [-0.2, -0.15) is 0 Å². The van der Waals surface area contributed by atoms with Gasteiger partial charge in [0.15, 0.2) is 0 Å². The van der Waals surface area contributed by atoms with E-state index < -0.39 is 6.10 Å². The zero-order valence-corrected chi connectivity index (χ0v) is 16.1. The summed E-state index contributed by atoms with van der Waals surface area (Å²) < 4.78 is 5.20. The number of esters is 1. The van der Waals surface area contributed by atoms with Gasteiger partial charge >= 0.3 is 5.97 Å². The summed E-state index contributed by atoms with van der Waals surface area (Å²) in [6.45, 7) is 4.84. The molecule has 0 aliphatic heterocycles. The van der Waals surface area contributed by atoms with E-state index in [0.717, 1.165) is 24.3 Å². The van der Waals surface area contributed by atoms with Crippen LogP contribution in [0.2, 0.25) is 0 Å². The highest BCUT2D eigenvalue weighted by Crippen LogP contribution is 2.14. The van der Waals surface area contributed by atoms with Crippen LogP contribution in [0.15, 0.2) is 30.3 Å². The first-order valence-electron chi connectivity index (χ1n) is 9.95. The maximum absolute atomic E-state index is 11.7. The van der Waals surface area contributed by atoms with Crippen molar-refractivity contribution in [1.29, 1.82) is 0 Å². The van der Waals surface area contributed by atoms with E-state index in [1.807, 2.05) is 30.3 Å². The Hall–Kier alpha value is -1.35. The number of aliphatic hydroxyl groups is 1. The van der Waals surface area contributed by atoms with E-state index in [-0.39, 0.29) is 19.0 Å².